The number of pyridine rings is 1. The number of carbonyl (C=O) groups is 1. The van der Waals surface area contributed by atoms with Crippen LogP contribution < -0.4 is 16.6 Å². The lowest BCUT2D eigenvalue weighted by atomic mass is 10.2. The van der Waals surface area contributed by atoms with Crippen molar-refractivity contribution in [3.05, 3.63) is 69.6 Å². The van der Waals surface area contributed by atoms with E-state index in [1.807, 2.05) is 17.5 Å². The number of nitrogens with two attached hydrogens (primary N) is 1. The summed E-state index contributed by atoms with van der Waals surface area (Å²) >= 11 is 1.52. The minimum absolute atomic E-state index is 0.0534. The number of fused-ring (bicyclic) bond motifs is 1. The largest absolute Gasteiger partial charge is 0.341 e. The van der Waals surface area contributed by atoms with E-state index in [2.05, 4.69) is 20.3 Å². The average molecular weight is 365 g/mol. The van der Waals surface area contributed by atoms with E-state index in [9.17, 15) is 9.59 Å². The van der Waals surface area contributed by atoms with Crippen molar-refractivity contribution < 1.29 is 4.79 Å². The van der Waals surface area contributed by atoms with Gasteiger partial charge in [-0.25, -0.2) is 4.98 Å². The molecule has 0 saturated heterocycles. The van der Waals surface area contributed by atoms with E-state index in [4.69, 9.17) is 5.73 Å². The molecule has 0 atom stereocenters. The SMILES string of the molecule is NCc1nc2ccc(NC(=O)c3ccc(-c4cccs4)[nH]c3=O)cc2[nH]1. The molecule has 0 aliphatic heterocycles. The zero-order chi connectivity index (χ0) is 18.1. The standard InChI is InChI=1S/C18H15N5O2S/c19-9-16-21-12-5-3-10(8-14(12)22-16)20-17(24)11-4-6-13(23-18(11)25)15-2-1-7-26-15/h1-8H,9,19H2,(H,20,24)(H,21,22)(H,23,25). The predicted octanol–water partition coefficient (Wildman–Crippen LogP) is 2.69. The van der Waals surface area contributed by atoms with E-state index in [-0.39, 0.29) is 5.56 Å². The third-order valence-corrected chi connectivity index (χ3v) is 4.83. The smallest absolute Gasteiger partial charge is 0.261 e. The molecule has 1 amide bonds. The Labute approximate surface area is 151 Å². The van der Waals surface area contributed by atoms with Crippen LogP contribution in [0.3, 0.4) is 0 Å². The van der Waals surface area contributed by atoms with Crippen LogP contribution in [0, 0.1) is 0 Å². The Hall–Kier alpha value is -3.23. The van der Waals surface area contributed by atoms with Gasteiger partial charge < -0.3 is 21.0 Å². The van der Waals surface area contributed by atoms with Gasteiger partial charge in [0.15, 0.2) is 0 Å². The molecule has 0 saturated carbocycles. The Morgan fingerprint density at radius 2 is 2.08 bits per heavy atom. The number of aromatic amines is 2. The van der Waals surface area contributed by atoms with Crippen LogP contribution in [0.15, 0.2) is 52.6 Å². The highest BCUT2D eigenvalue weighted by atomic mass is 32.1. The fraction of sp³-hybridized carbons (Fsp3) is 0.0556. The quantitative estimate of drug-likeness (QED) is 0.445. The van der Waals surface area contributed by atoms with Crippen LogP contribution in [-0.2, 0) is 6.54 Å². The fourth-order valence-corrected chi connectivity index (χ4v) is 3.37. The lowest BCUT2D eigenvalue weighted by Gasteiger charge is -2.05. The second-order valence-electron chi connectivity index (χ2n) is 5.67. The van der Waals surface area contributed by atoms with E-state index in [1.165, 1.54) is 17.4 Å². The maximum absolute atomic E-state index is 12.5. The first-order valence-corrected chi connectivity index (χ1v) is 8.79. The van der Waals surface area contributed by atoms with E-state index < -0.39 is 11.5 Å². The molecular formula is C18H15N5O2S. The third kappa shape index (κ3) is 3.03. The molecule has 4 rings (SSSR count). The van der Waals surface area contributed by atoms with Gasteiger partial charge in [-0.3, -0.25) is 9.59 Å². The van der Waals surface area contributed by atoms with Crippen molar-refractivity contribution in [1.82, 2.24) is 15.0 Å². The molecule has 3 heterocycles. The predicted molar refractivity (Wildman–Crippen MR) is 102 cm³/mol. The van der Waals surface area contributed by atoms with Gasteiger partial charge >= 0.3 is 0 Å². The number of hydrogen-bond acceptors (Lipinski definition) is 5. The van der Waals surface area contributed by atoms with Gasteiger partial charge in [-0.1, -0.05) is 6.07 Å². The van der Waals surface area contributed by atoms with Crippen molar-refractivity contribution in [3.63, 3.8) is 0 Å². The summed E-state index contributed by atoms with van der Waals surface area (Å²) in [5.74, 6) is 0.200. The zero-order valence-electron chi connectivity index (χ0n) is 13.6. The van der Waals surface area contributed by atoms with Crippen molar-refractivity contribution in [2.45, 2.75) is 6.54 Å². The van der Waals surface area contributed by atoms with Crippen molar-refractivity contribution in [3.8, 4) is 10.6 Å². The van der Waals surface area contributed by atoms with Gasteiger partial charge in [0.05, 0.1) is 28.1 Å². The molecule has 0 aliphatic rings. The number of anilines is 1. The van der Waals surface area contributed by atoms with Crippen LogP contribution in [-0.4, -0.2) is 20.9 Å². The second-order valence-corrected chi connectivity index (χ2v) is 6.61. The van der Waals surface area contributed by atoms with E-state index >= 15 is 0 Å². The number of aromatic nitrogens is 3. The van der Waals surface area contributed by atoms with E-state index in [1.54, 1.807) is 24.3 Å². The summed E-state index contributed by atoms with van der Waals surface area (Å²) in [6.07, 6.45) is 0. The van der Waals surface area contributed by atoms with Crippen LogP contribution >= 0.6 is 11.3 Å². The maximum Gasteiger partial charge on any atom is 0.261 e. The number of H-pyrrole nitrogens is 2. The first kappa shape index (κ1) is 16.2. The minimum atomic E-state index is -0.470. The highest BCUT2D eigenvalue weighted by molar-refractivity contribution is 7.13. The number of rotatable bonds is 4. The van der Waals surface area contributed by atoms with Crippen LogP contribution in [0.4, 0.5) is 5.69 Å². The zero-order valence-corrected chi connectivity index (χ0v) is 14.4. The van der Waals surface area contributed by atoms with Gasteiger partial charge in [-0.15, -0.1) is 11.3 Å². The van der Waals surface area contributed by atoms with Crippen LogP contribution in [0.25, 0.3) is 21.6 Å². The molecule has 0 spiro atoms. The van der Waals surface area contributed by atoms with Gasteiger partial charge in [0.25, 0.3) is 11.5 Å². The third-order valence-electron chi connectivity index (χ3n) is 3.92. The molecule has 4 aromatic rings. The summed E-state index contributed by atoms with van der Waals surface area (Å²) in [4.78, 5) is 35.8. The van der Waals surface area contributed by atoms with Gasteiger partial charge in [0, 0.05) is 5.69 Å². The molecule has 0 aliphatic carbocycles. The molecule has 8 heteroatoms. The Bertz CT molecular complexity index is 1140. The fourth-order valence-electron chi connectivity index (χ4n) is 2.66. The molecule has 7 nitrogen and oxygen atoms in total. The first-order valence-electron chi connectivity index (χ1n) is 7.91. The average Bonchev–Trinajstić information content (AvgIpc) is 3.30. The van der Waals surface area contributed by atoms with Crippen molar-refractivity contribution in [2.24, 2.45) is 5.73 Å². The molecule has 130 valence electrons. The molecule has 0 bridgehead atoms. The monoisotopic (exact) mass is 365 g/mol. The topological polar surface area (TPSA) is 117 Å². The van der Waals surface area contributed by atoms with E-state index in [0.29, 0.717) is 23.8 Å². The Morgan fingerprint density at radius 3 is 2.81 bits per heavy atom. The number of thiophene rings is 1. The number of carbonyl (C=O) groups excluding carboxylic acids is 1. The lowest BCUT2D eigenvalue weighted by molar-refractivity contribution is 0.102. The van der Waals surface area contributed by atoms with Gasteiger partial charge in [-0.05, 0) is 41.8 Å². The molecule has 5 N–H and O–H groups in total. The molecule has 26 heavy (non-hydrogen) atoms. The van der Waals surface area contributed by atoms with Crippen LogP contribution in [0.2, 0.25) is 0 Å². The normalized spacial score (nSPS) is 11.0. The lowest BCUT2D eigenvalue weighted by Crippen LogP contribution is -2.23. The Balaban J connectivity index is 1.59. The molecule has 3 aromatic heterocycles. The maximum atomic E-state index is 12.5. The summed E-state index contributed by atoms with van der Waals surface area (Å²) < 4.78 is 0. The summed E-state index contributed by atoms with van der Waals surface area (Å²) in [6.45, 7) is 0.308. The first-order chi connectivity index (χ1) is 12.6. The second kappa shape index (κ2) is 6.58. The van der Waals surface area contributed by atoms with Crippen molar-refractivity contribution in [2.75, 3.05) is 5.32 Å². The molecular weight excluding hydrogens is 350 g/mol. The van der Waals surface area contributed by atoms with Gasteiger partial charge in [0.1, 0.15) is 11.4 Å². The number of imidazole rings is 1. The highest BCUT2D eigenvalue weighted by Crippen LogP contribution is 2.22. The molecule has 0 unspecified atom stereocenters. The van der Waals surface area contributed by atoms with Gasteiger partial charge in [-0.2, -0.15) is 0 Å². The molecule has 0 fully saturated rings. The molecule has 1 aromatic carbocycles. The summed E-state index contributed by atoms with van der Waals surface area (Å²) in [7, 11) is 0. The highest BCUT2D eigenvalue weighted by Gasteiger charge is 2.13. The Morgan fingerprint density at radius 1 is 1.19 bits per heavy atom. The number of hydrogen-bond donors (Lipinski definition) is 4. The number of nitrogens with zero attached hydrogens (tertiary/aromatic N) is 1. The number of benzene rings is 1. The number of nitrogens with one attached hydrogen (secondary N) is 3. The summed E-state index contributed by atoms with van der Waals surface area (Å²) in [5, 5.41) is 4.66. The Kier molecular flexibility index (Phi) is 4.11. The molecule has 0 radical (unpaired) electrons. The van der Waals surface area contributed by atoms with E-state index in [0.717, 1.165) is 15.9 Å². The van der Waals surface area contributed by atoms with Crippen LogP contribution in [0.5, 0.6) is 0 Å². The van der Waals surface area contributed by atoms with Crippen molar-refractivity contribution in [1.29, 1.82) is 0 Å². The van der Waals surface area contributed by atoms with Gasteiger partial charge in [0.2, 0.25) is 0 Å². The van der Waals surface area contributed by atoms with Crippen LogP contribution in [0.1, 0.15) is 16.2 Å². The summed E-state index contributed by atoms with van der Waals surface area (Å²) in [6, 6.07) is 12.3. The van der Waals surface area contributed by atoms with Crippen molar-refractivity contribution >= 4 is 34.0 Å². The summed E-state index contributed by atoms with van der Waals surface area (Å²) in [5.41, 5.74) is 7.99. The number of amides is 1. The minimum Gasteiger partial charge on any atom is -0.341 e.